The summed E-state index contributed by atoms with van der Waals surface area (Å²) in [6, 6.07) is 10.8. The molecule has 100 valence electrons. The Morgan fingerprint density at radius 3 is 2.75 bits per heavy atom. The van der Waals surface area contributed by atoms with Crippen molar-refractivity contribution in [2.45, 2.75) is 0 Å². The largest absolute Gasteiger partial charge is 0.399 e. The van der Waals surface area contributed by atoms with E-state index in [-0.39, 0.29) is 0 Å². The van der Waals surface area contributed by atoms with E-state index in [1.54, 1.807) is 12.1 Å². The molecule has 0 amide bonds. The fourth-order valence-electron chi connectivity index (χ4n) is 1.90. The predicted octanol–water partition coefficient (Wildman–Crippen LogP) is 4.26. The number of rotatable bonds is 2. The summed E-state index contributed by atoms with van der Waals surface area (Å²) in [5.74, 6) is 0.631. The van der Waals surface area contributed by atoms with Crippen LogP contribution in [-0.4, -0.2) is 9.97 Å². The first-order valence-electron chi connectivity index (χ1n) is 5.86. The number of nitrogens with one attached hydrogen (secondary N) is 1. The maximum atomic E-state index is 6.16. The van der Waals surface area contributed by atoms with Crippen LogP contribution < -0.4 is 11.1 Å². The standard InChI is InChI=1S/C14H10Cl2N4/c15-10-2-1-3-12(13(10)16)20-14-9-6-8(17)4-5-11(9)18-7-19-14/h1-7H,17H2,(H,18,19,20). The van der Waals surface area contributed by atoms with Crippen molar-refractivity contribution in [1.29, 1.82) is 0 Å². The molecule has 0 fully saturated rings. The average molecular weight is 305 g/mol. The van der Waals surface area contributed by atoms with Crippen molar-refractivity contribution < 1.29 is 0 Å². The van der Waals surface area contributed by atoms with Crippen molar-refractivity contribution in [3.05, 3.63) is 52.8 Å². The van der Waals surface area contributed by atoms with E-state index in [1.807, 2.05) is 24.3 Å². The first-order valence-corrected chi connectivity index (χ1v) is 6.62. The first-order chi connectivity index (χ1) is 9.65. The number of hydrogen-bond acceptors (Lipinski definition) is 4. The third-order valence-corrected chi connectivity index (χ3v) is 3.68. The van der Waals surface area contributed by atoms with E-state index in [2.05, 4.69) is 15.3 Å². The van der Waals surface area contributed by atoms with E-state index in [4.69, 9.17) is 28.9 Å². The fourth-order valence-corrected chi connectivity index (χ4v) is 2.25. The van der Waals surface area contributed by atoms with Gasteiger partial charge in [-0.25, -0.2) is 9.97 Å². The van der Waals surface area contributed by atoms with Gasteiger partial charge in [-0.15, -0.1) is 0 Å². The lowest BCUT2D eigenvalue weighted by molar-refractivity contribution is 1.22. The van der Waals surface area contributed by atoms with Crippen molar-refractivity contribution in [3.8, 4) is 0 Å². The van der Waals surface area contributed by atoms with Crippen LogP contribution >= 0.6 is 23.2 Å². The summed E-state index contributed by atoms with van der Waals surface area (Å²) in [7, 11) is 0. The number of fused-ring (bicyclic) bond motifs is 1. The van der Waals surface area contributed by atoms with Gasteiger partial charge in [0.2, 0.25) is 0 Å². The number of anilines is 3. The Morgan fingerprint density at radius 2 is 1.90 bits per heavy atom. The molecule has 3 N–H and O–H groups in total. The highest BCUT2D eigenvalue weighted by Gasteiger charge is 2.08. The molecular formula is C14H10Cl2N4. The molecule has 0 aliphatic heterocycles. The Balaban J connectivity index is 2.11. The number of hydrogen-bond donors (Lipinski definition) is 2. The summed E-state index contributed by atoms with van der Waals surface area (Å²) < 4.78 is 0. The molecule has 3 aromatic rings. The SMILES string of the molecule is Nc1ccc2ncnc(Nc3cccc(Cl)c3Cl)c2c1. The lowest BCUT2D eigenvalue weighted by Gasteiger charge is -2.10. The molecule has 0 aliphatic carbocycles. The normalized spacial score (nSPS) is 10.7. The number of nitrogens with two attached hydrogens (primary N) is 1. The molecule has 3 rings (SSSR count). The minimum atomic E-state index is 0.449. The van der Waals surface area contributed by atoms with Gasteiger partial charge in [-0.1, -0.05) is 29.3 Å². The number of aromatic nitrogens is 2. The fraction of sp³-hybridized carbons (Fsp3) is 0. The summed E-state index contributed by atoms with van der Waals surface area (Å²) in [5.41, 5.74) is 7.94. The van der Waals surface area contributed by atoms with Crippen LogP contribution in [0.25, 0.3) is 10.9 Å². The summed E-state index contributed by atoms with van der Waals surface area (Å²) >= 11 is 12.2. The zero-order valence-corrected chi connectivity index (χ0v) is 11.8. The van der Waals surface area contributed by atoms with E-state index in [9.17, 15) is 0 Å². The number of nitrogens with zero attached hydrogens (tertiary/aromatic N) is 2. The maximum Gasteiger partial charge on any atom is 0.141 e. The van der Waals surface area contributed by atoms with Gasteiger partial charge in [0.25, 0.3) is 0 Å². The average Bonchev–Trinajstić information content (AvgIpc) is 2.44. The van der Waals surface area contributed by atoms with E-state index >= 15 is 0 Å². The molecular weight excluding hydrogens is 295 g/mol. The van der Waals surface area contributed by atoms with Gasteiger partial charge < -0.3 is 11.1 Å². The molecule has 0 radical (unpaired) electrons. The quantitative estimate of drug-likeness (QED) is 0.694. The van der Waals surface area contributed by atoms with E-state index in [1.165, 1.54) is 6.33 Å². The monoisotopic (exact) mass is 304 g/mol. The van der Waals surface area contributed by atoms with Gasteiger partial charge in [0.1, 0.15) is 12.1 Å². The second-order valence-electron chi connectivity index (χ2n) is 4.23. The lowest BCUT2D eigenvalue weighted by Crippen LogP contribution is -1.97. The summed E-state index contributed by atoms with van der Waals surface area (Å²) in [6.07, 6.45) is 1.49. The third kappa shape index (κ3) is 2.35. The first kappa shape index (κ1) is 13.0. The number of benzene rings is 2. The smallest absolute Gasteiger partial charge is 0.141 e. The molecule has 0 saturated carbocycles. The Hall–Kier alpha value is -2.04. The Kier molecular flexibility index (Phi) is 3.34. The highest BCUT2D eigenvalue weighted by Crippen LogP contribution is 2.33. The molecule has 1 heterocycles. The van der Waals surface area contributed by atoms with Gasteiger partial charge in [0, 0.05) is 11.1 Å². The summed E-state index contributed by atoms with van der Waals surface area (Å²) in [4.78, 5) is 8.43. The minimum Gasteiger partial charge on any atom is -0.399 e. The van der Waals surface area contributed by atoms with Crippen LogP contribution in [0.3, 0.4) is 0 Å². The molecule has 6 heteroatoms. The van der Waals surface area contributed by atoms with Gasteiger partial charge in [-0.05, 0) is 30.3 Å². The minimum absolute atomic E-state index is 0.449. The Morgan fingerprint density at radius 1 is 1.05 bits per heavy atom. The van der Waals surface area contributed by atoms with Gasteiger partial charge >= 0.3 is 0 Å². The van der Waals surface area contributed by atoms with Crippen LogP contribution in [0.5, 0.6) is 0 Å². The van der Waals surface area contributed by atoms with Crippen LogP contribution in [0.2, 0.25) is 10.0 Å². The summed E-state index contributed by atoms with van der Waals surface area (Å²) in [6.45, 7) is 0. The second kappa shape index (κ2) is 5.15. The topological polar surface area (TPSA) is 63.8 Å². The molecule has 0 unspecified atom stereocenters. The molecule has 0 aliphatic rings. The second-order valence-corrected chi connectivity index (χ2v) is 5.01. The number of nitrogen functional groups attached to an aromatic ring is 1. The van der Waals surface area contributed by atoms with Crippen LogP contribution in [0.15, 0.2) is 42.7 Å². The van der Waals surface area contributed by atoms with Crippen molar-refractivity contribution in [2.75, 3.05) is 11.1 Å². The molecule has 0 bridgehead atoms. The van der Waals surface area contributed by atoms with Crippen LogP contribution in [-0.2, 0) is 0 Å². The lowest BCUT2D eigenvalue weighted by atomic mass is 10.2. The van der Waals surface area contributed by atoms with Gasteiger partial charge in [0.15, 0.2) is 0 Å². The zero-order chi connectivity index (χ0) is 14.1. The van der Waals surface area contributed by atoms with Crippen LogP contribution in [0, 0.1) is 0 Å². The molecule has 1 aromatic heterocycles. The van der Waals surface area contributed by atoms with E-state index in [0.29, 0.717) is 27.2 Å². The predicted molar refractivity (Wildman–Crippen MR) is 83.7 cm³/mol. The van der Waals surface area contributed by atoms with Crippen molar-refractivity contribution in [1.82, 2.24) is 9.97 Å². The Bertz CT molecular complexity index is 789. The molecule has 2 aromatic carbocycles. The maximum absolute atomic E-state index is 6.16. The molecule has 20 heavy (non-hydrogen) atoms. The van der Waals surface area contributed by atoms with E-state index in [0.717, 1.165) is 10.9 Å². The van der Waals surface area contributed by atoms with Gasteiger partial charge in [-0.3, -0.25) is 0 Å². The molecule has 0 spiro atoms. The molecule has 0 atom stereocenters. The van der Waals surface area contributed by atoms with E-state index < -0.39 is 0 Å². The van der Waals surface area contributed by atoms with Crippen molar-refractivity contribution in [2.24, 2.45) is 0 Å². The van der Waals surface area contributed by atoms with Crippen molar-refractivity contribution >= 4 is 51.3 Å². The van der Waals surface area contributed by atoms with Crippen molar-refractivity contribution in [3.63, 3.8) is 0 Å². The van der Waals surface area contributed by atoms with Crippen LogP contribution in [0.4, 0.5) is 17.2 Å². The highest BCUT2D eigenvalue weighted by molar-refractivity contribution is 6.43. The summed E-state index contributed by atoms with van der Waals surface area (Å²) in [5, 5.41) is 4.91. The zero-order valence-electron chi connectivity index (χ0n) is 10.3. The third-order valence-electron chi connectivity index (χ3n) is 2.86. The Labute approximate surface area is 125 Å². The number of halogens is 2. The highest BCUT2D eigenvalue weighted by atomic mass is 35.5. The van der Waals surface area contributed by atoms with Gasteiger partial charge in [-0.2, -0.15) is 0 Å². The van der Waals surface area contributed by atoms with Crippen LogP contribution in [0.1, 0.15) is 0 Å². The van der Waals surface area contributed by atoms with Gasteiger partial charge in [0.05, 0.1) is 21.2 Å². The molecule has 0 saturated heterocycles. The molecule has 4 nitrogen and oxygen atoms in total.